The van der Waals surface area contributed by atoms with Crippen molar-refractivity contribution >= 4 is 29.3 Å². The van der Waals surface area contributed by atoms with E-state index in [4.69, 9.17) is 11.6 Å². The van der Waals surface area contributed by atoms with Gasteiger partial charge in [0, 0.05) is 10.6 Å². The fraction of sp³-hybridized carbons (Fsp3) is 0.167. The molecule has 1 atom stereocenters. The summed E-state index contributed by atoms with van der Waals surface area (Å²) in [5.74, 6) is -3.58. The highest BCUT2D eigenvalue weighted by molar-refractivity contribution is 6.30. The quantitative estimate of drug-likeness (QED) is 0.656. The summed E-state index contributed by atoms with van der Waals surface area (Å²) in [5, 5.41) is 3.02. The lowest BCUT2D eigenvalue weighted by molar-refractivity contribution is -0.130. The van der Waals surface area contributed by atoms with Crippen LogP contribution in [0.4, 0.5) is 13.6 Å². The highest BCUT2D eigenvalue weighted by Crippen LogP contribution is 2.29. The average molecular weight is 379 g/mol. The van der Waals surface area contributed by atoms with Crippen molar-refractivity contribution in [3.8, 4) is 0 Å². The van der Waals surface area contributed by atoms with E-state index in [0.717, 1.165) is 23.1 Å². The minimum Gasteiger partial charge on any atom is -0.319 e. The lowest BCUT2D eigenvalue weighted by atomic mass is 9.92. The smallest absolute Gasteiger partial charge is 0.319 e. The summed E-state index contributed by atoms with van der Waals surface area (Å²) in [4.78, 5) is 38.0. The zero-order valence-electron chi connectivity index (χ0n) is 13.6. The maximum Gasteiger partial charge on any atom is 0.325 e. The number of urea groups is 1. The average Bonchev–Trinajstić information content (AvgIpc) is 2.82. The molecule has 8 heteroatoms. The van der Waals surface area contributed by atoms with Crippen molar-refractivity contribution in [1.82, 2.24) is 10.2 Å². The van der Waals surface area contributed by atoms with E-state index in [9.17, 15) is 23.2 Å². The molecular formula is C18H13ClF2N2O3. The monoisotopic (exact) mass is 378 g/mol. The second-order valence-electron chi connectivity index (χ2n) is 6.01. The van der Waals surface area contributed by atoms with Crippen LogP contribution < -0.4 is 5.32 Å². The van der Waals surface area contributed by atoms with Crippen LogP contribution in [0.1, 0.15) is 22.8 Å². The molecule has 0 spiro atoms. The molecule has 1 aliphatic rings. The van der Waals surface area contributed by atoms with Crippen molar-refractivity contribution in [3.05, 3.63) is 70.2 Å². The van der Waals surface area contributed by atoms with Crippen molar-refractivity contribution in [2.45, 2.75) is 12.5 Å². The van der Waals surface area contributed by atoms with Crippen LogP contribution in [-0.2, 0) is 10.3 Å². The van der Waals surface area contributed by atoms with Crippen molar-refractivity contribution in [1.29, 1.82) is 0 Å². The van der Waals surface area contributed by atoms with Crippen LogP contribution in [0.25, 0.3) is 0 Å². The number of halogens is 3. The van der Waals surface area contributed by atoms with Crippen molar-refractivity contribution in [2.24, 2.45) is 0 Å². The van der Waals surface area contributed by atoms with Gasteiger partial charge in [-0.15, -0.1) is 0 Å². The molecule has 1 heterocycles. The number of nitrogens with zero attached hydrogens (tertiary/aromatic N) is 1. The third kappa shape index (κ3) is 3.06. The number of amides is 3. The fourth-order valence-corrected chi connectivity index (χ4v) is 2.85. The van der Waals surface area contributed by atoms with Gasteiger partial charge in [0.25, 0.3) is 5.91 Å². The van der Waals surface area contributed by atoms with Crippen LogP contribution in [0.5, 0.6) is 0 Å². The molecule has 0 unspecified atom stereocenters. The van der Waals surface area contributed by atoms with Crippen LogP contribution >= 0.6 is 11.6 Å². The van der Waals surface area contributed by atoms with Crippen molar-refractivity contribution < 1.29 is 23.2 Å². The molecule has 1 fully saturated rings. The highest BCUT2D eigenvalue weighted by atomic mass is 35.5. The first-order valence-electron chi connectivity index (χ1n) is 7.61. The van der Waals surface area contributed by atoms with E-state index in [0.29, 0.717) is 10.6 Å². The van der Waals surface area contributed by atoms with E-state index in [1.54, 1.807) is 24.3 Å². The van der Waals surface area contributed by atoms with Crippen molar-refractivity contribution in [2.75, 3.05) is 6.54 Å². The Kier molecular flexibility index (Phi) is 4.50. The topological polar surface area (TPSA) is 66.5 Å². The summed E-state index contributed by atoms with van der Waals surface area (Å²) in [7, 11) is 0. The van der Waals surface area contributed by atoms with E-state index in [1.807, 2.05) is 0 Å². The first-order chi connectivity index (χ1) is 12.2. The zero-order chi connectivity index (χ0) is 19.1. The Balaban J connectivity index is 1.84. The lowest BCUT2D eigenvalue weighted by Crippen LogP contribution is -2.41. The molecule has 2 aromatic rings. The maximum atomic E-state index is 13.3. The maximum absolute atomic E-state index is 13.3. The molecule has 3 amide bonds. The zero-order valence-corrected chi connectivity index (χ0v) is 14.3. The Hall–Kier alpha value is -2.80. The predicted molar refractivity (Wildman–Crippen MR) is 89.7 cm³/mol. The van der Waals surface area contributed by atoms with Gasteiger partial charge in [0.2, 0.25) is 0 Å². The summed E-state index contributed by atoms with van der Waals surface area (Å²) in [6.45, 7) is 0.928. The molecule has 0 aromatic heterocycles. The van der Waals surface area contributed by atoms with Gasteiger partial charge >= 0.3 is 6.03 Å². The number of hydrogen-bond donors (Lipinski definition) is 1. The molecule has 2 aromatic carbocycles. The third-order valence-corrected chi connectivity index (χ3v) is 4.49. The molecule has 0 aliphatic carbocycles. The number of benzene rings is 2. The standard InChI is InChI=1S/C18H13ClF2N2O3/c1-18(11-3-5-12(19)6-4-11)16(25)23(17(26)22-18)9-15(24)10-2-7-13(20)14(21)8-10/h2-8H,9H2,1H3,(H,22,26)/t18-/m1/s1. The molecule has 0 radical (unpaired) electrons. The summed E-state index contributed by atoms with van der Waals surface area (Å²) in [6.07, 6.45) is 0. The SMILES string of the molecule is C[C@]1(c2ccc(Cl)cc2)NC(=O)N(CC(=O)c2ccc(F)c(F)c2)C1=O. The first kappa shape index (κ1) is 18.0. The summed E-state index contributed by atoms with van der Waals surface area (Å²) >= 11 is 5.83. The number of Topliss-reactive ketones (excluding diaryl/α,β-unsaturated/α-hetero) is 1. The number of ketones is 1. The minimum atomic E-state index is -1.35. The van der Waals surface area contributed by atoms with Gasteiger partial charge in [0.15, 0.2) is 17.4 Å². The Morgan fingerprint density at radius 2 is 1.77 bits per heavy atom. The largest absolute Gasteiger partial charge is 0.325 e. The molecule has 134 valence electrons. The van der Waals surface area contributed by atoms with Gasteiger partial charge in [0.1, 0.15) is 5.54 Å². The van der Waals surface area contributed by atoms with Crippen LogP contribution in [0.15, 0.2) is 42.5 Å². The van der Waals surface area contributed by atoms with Gasteiger partial charge < -0.3 is 5.32 Å². The number of hydrogen-bond acceptors (Lipinski definition) is 3. The molecule has 1 N–H and O–H groups in total. The molecule has 5 nitrogen and oxygen atoms in total. The van der Waals surface area contributed by atoms with Crippen LogP contribution in [0, 0.1) is 11.6 Å². The van der Waals surface area contributed by atoms with Gasteiger partial charge in [-0.3, -0.25) is 14.5 Å². The number of rotatable bonds is 4. The Morgan fingerprint density at radius 1 is 1.12 bits per heavy atom. The number of carbonyl (C=O) groups excluding carboxylic acids is 3. The van der Waals surface area contributed by atoms with Gasteiger partial charge in [-0.05, 0) is 42.8 Å². The van der Waals surface area contributed by atoms with Crippen LogP contribution in [0.2, 0.25) is 5.02 Å². The first-order valence-corrected chi connectivity index (χ1v) is 7.98. The van der Waals surface area contributed by atoms with E-state index in [2.05, 4.69) is 5.32 Å². The second-order valence-corrected chi connectivity index (χ2v) is 6.44. The minimum absolute atomic E-state index is 0.135. The highest BCUT2D eigenvalue weighted by Gasteiger charge is 2.49. The van der Waals surface area contributed by atoms with E-state index < -0.39 is 41.4 Å². The summed E-state index contributed by atoms with van der Waals surface area (Å²) < 4.78 is 26.3. The second kappa shape index (κ2) is 6.49. The van der Waals surface area contributed by atoms with Crippen LogP contribution in [0.3, 0.4) is 0 Å². The molecule has 0 saturated carbocycles. The molecule has 1 saturated heterocycles. The molecule has 3 rings (SSSR count). The van der Waals surface area contributed by atoms with Gasteiger partial charge in [-0.2, -0.15) is 0 Å². The predicted octanol–water partition coefficient (Wildman–Crippen LogP) is 3.27. The van der Waals surface area contributed by atoms with Gasteiger partial charge in [-0.1, -0.05) is 23.7 Å². The fourth-order valence-electron chi connectivity index (χ4n) is 2.72. The normalized spacial score (nSPS) is 19.6. The molecule has 1 aliphatic heterocycles. The number of nitrogens with one attached hydrogen (secondary N) is 1. The molecule has 26 heavy (non-hydrogen) atoms. The van der Waals surface area contributed by atoms with Gasteiger partial charge in [-0.25, -0.2) is 13.6 Å². The lowest BCUT2D eigenvalue weighted by Gasteiger charge is -2.22. The van der Waals surface area contributed by atoms with Crippen LogP contribution in [-0.4, -0.2) is 29.2 Å². The molecular weight excluding hydrogens is 366 g/mol. The van der Waals surface area contributed by atoms with Gasteiger partial charge in [0.05, 0.1) is 6.54 Å². The summed E-state index contributed by atoms with van der Waals surface area (Å²) in [5.41, 5.74) is -0.983. The Bertz CT molecular complexity index is 917. The van der Waals surface area contributed by atoms with E-state index >= 15 is 0 Å². The Morgan fingerprint density at radius 3 is 2.38 bits per heavy atom. The molecule has 0 bridgehead atoms. The van der Waals surface area contributed by atoms with E-state index in [1.165, 1.54) is 6.92 Å². The number of imide groups is 1. The Labute approximate surface area is 152 Å². The third-order valence-electron chi connectivity index (χ3n) is 4.24. The van der Waals surface area contributed by atoms with E-state index in [-0.39, 0.29) is 5.56 Å². The van der Waals surface area contributed by atoms with Crippen molar-refractivity contribution in [3.63, 3.8) is 0 Å². The number of carbonyl (C=O) groups is 3. The summed E-state index contributed by atoms with van der Waals surface area (Å²) in [6, 6.07) is 8.25.